The zero-order valence-corrected chi connectivity index (χ0v) is 11.6. The Balaban J connectivity index is 2.22. The summed E-state index contributed by atoms with van der Waals surface area (Å²) in [5.41, 5.74) is 7.70. The predicted octanol–water partition coefficient (Wildman–Crippen LogP) is 2.62. The highest BCUT2D eigenvalue weighted by Gasteiger charge is 2.11. The first-order chi connectivity index (χ1) is 9.24. The molecule has 2 rings (SSSR count). The lowest BCUT2D eigenvalue weighted by atomic mass is 10.2. The molecule has 2 heterocycles. The SMILES string of the molecule is CCN(Cc1ccncc1)c1ncc(CN)cc1Cl. The third kappa shape index (κ3) is 3.43. The Hall–Kier alpha value is -1.65. The number of halogens is 1. The van der Waals surface area contributed by atoms with Crippen LogP contribution in [0.1, 0.15) is 18.1 Å². The van der Waals surface area contributed by atoms with Gasteiger partial charge in [-0.3, -0.25) is 4.98 Å². The number of pyridine rings is 2. The minimum atomic E-state index is 0.448. The molecule has 0 radical (unpaired) electrons. The zero-order valence-electron chi connectivity index (χ0n) is 10.9. The number of hydrogen-bond donors (Lipinski definition) is 1. The van der Waals surface area contributed by atoms with Crippen LogP contribution in [0.4, 0.5) is 5.82 Å². The summed E-state index contributed by atoms with van der Waals surface area (Å²) in [6, 6.07) is 5.86. The average Bonchev–Trinajstić information content (AvgIpc) is 2.46. The van der Waals surface area contributed by atoms with Gasteiger partial charge >= 0.3 is 0 Å². The molecule has 4 nitrogen and oxygen atoms in total. The van der Waals surface area contributed by atoms with Gasteiger partial charge in [-0.1, -0.05) is 11.6 Å². The number of rotatable bonds is 5. The van der Waals surface area contributed by atoms with Crippen LogP contribution in [0.25, 0.3) is 0 Å². The minimum absolute atomic E-state index is 0.448. The van der Waals surface area contributed by atoms with E-state index >= 15 is 0 Å². The molecule has 0 aromatic carbocycles. The maximum absolute atomic E-state index is 6.28. The van der Waals surface area contributed by atoms with E-state index in [9.17, 15) is 0 Å². The molecular weight excluding hydrogens is 260 g/mol. The maximum Gasteiger partial charge on any atom is 0.147 e. The Kier molecular flexibility index (Phi) is 4.71. The minimum Gasteiger partial charge on any atom is -0.351 e. The van der Waals surface area contributed by atoms with Crippen LogP contribution in [-0.4, -0.2) is 16.5 Å². The second kappa shape index (κ2) is 6.50. The van der Waals surface area contributed by atoms with Crippen molar-refractivity contribution in [3.63, 3.8) is 0 Å². The molecule has 0 aliphatic rings. The van der Waals surface area contributed by atoms with Crippen LogP contribution < -0.4 is 10.6 Å². The van der Waals surface area contributed by atoms with Crippen LogP contribution in [0.5, 0.6) is 0 Å². The van der Waals surface area contributed by atoms with Crippen molar-refractivity contribution < 1.29 is 0 Å². The summed E-state index contributed by atoms with van der Waals surface area (Å²) in [7, 11) is 0. The van der Waals surface area contributed by atoms with Crippen LogP contribution in [0.2, 0.25) is 5.02 Å². The molecule has 0 spiro atoms. The Labute approximate surface area is 118 Å². The molecule has 5 heteroatoms. The van der Waals surface area contributed by atoms with Crippen LogP contribution in [0.3, 0.4) is 0 Å². The van der Waals surface area contributed by atoms with Gasteiger partial charge in [-0.05, 0) is 36.2 Å². The van der Waals surface area contributed by atoms with E-state index in [-0.39, 0.29) is 0 Å². The monoisotopic (exact) mass is 276 g/mol. The van der Waals surface area contributed by atoms with Crippen molar-refractivity contribution in [3.05, 3.63) is 52.9 Å². The van der Waals surface area contributed by atoms with Crippen molar-refractivity contribution >= 4 is 17.4 Å². The second-order valence-electron chi connectivity index (χ2n) is 4.22. The van der Waals surface area contributed by atoms with E-state index in [2.05, 4.69) is 21.8 Å². The van der Waals surface area contributed by atoms with Crippen molar-refractivity contribution in [1.82, 2.24) is 9.97 Å². The highest BCUT2D eigenvalue weighted by atomic mass is 35.5. The van der Waals surface area contributed by atoms with Crippen LogP contribution in [0, 0.1) is 0 Å². The molecule has 0 fully saturated rings. The molecule has 0 unspecified atom stereocenters. The van der Waals surface area contributed by atoms with Crippen molar-refractivity contribution in [2.45, 2.75) is 20.0 Å². The zero-order chi connectivity index (χ0) is 13.7. The Morgan fingerprint density at radius 2 is 2.00 bits per heavy atom. The molecule has 19 heavy (non-hydrogen) atoms. The molecule has 0 saturated carbocycles. The number of hydrogen-bond acceptors (Lipinski definition) is 4. The van der Waals surface area contributed by atoms with Gasteiger partial charge in [0.15, 0.2) is 0 Å². The molecule has 0 bridgehead atoms. The quantitative estimate of drug-likeness (QED) is 0.912. The van der Waals surface area contributed by atoms with Gasteiger partial charge in [-0.25, -0.2) is 4.98 Å². The highest BCUT2D eigenvalue weighted by molar-refractivity contribution is 6.33. The molecule has 0 amide bonds. The topological polar surface area (TPSA) is 55.0 Å². The molecule has 2 N–H and O–H groups in total. The standard InChI is InChI=1S/C14H17ClN4/c1-2-19(10-11-3-5-17-6-4-11)14-13(15)7-12(8-16)9-18-14/h3-7,9H,2,8,10,16H2,1H3. The fourth-order valence-electron chi connectivity index (χ4n) is 1.86. The van der Waals surface area contributed by atoms with Gasteiger partial charge in [0.05, 0.1) is 5.02 Å². The smallest absolute Gasteiger partial charge is 0.147 e. The summed E-state index contributed by atoms with van der Waals surface area (Å²) < 4.78 is 0. The third-order valence-corrected chi connectivity index (χ3v) is 3.20. The van der Waals surface area contributed by atoms with Gasteiger partial charge in [-0.15, -0.1) is 0 Å². The van der Waals surface area contributed by atoms with E-state index in [1.54, 1.807) is 18.6 Å². The molecular formula is C14H17ClN4. The molecule has 2 aromatic rings. The number of nitrogens with two attached hydrogens (primary N) is 1. The van der Waals surface area contributed by atoms with E-state index in [1.807, 2.05) is 18.2 Å². The number of aromatic nitrogens is 2. The third-order valence-electron chi connectivity index (χ3n) is 2.92. The molecule has 0 atom stereocenters. The number of nitrogens with zero attached hydrogens (tertiary/aromatic N) is 3. The predicted molar refractivity (Wildman–Crippen MR) is 78.1 cm³/mol. The Morgan fingerprint density at radius 1 is 1.26 bits per heavy atom. The van der Waals surface area contributed by atoms with Crippen LogP contribution in [-0.2, 0) is 13.1 Å². The molecule has 100 valence electrons. The van der Waals surface area contributed by atoms with Gasteiger partial charge in [-0.2, -0.15) is 0 Å². The van der Waals surface area contributed by atoms with E-state index in [0.717, 1.165) is 24.5 Å². The van der Waals surface area contributed by atoms with Crippen LogP contribution >= 0.6 is 11.6 Å². The van der Waals surface area contributed by atoms with Gasteiger partial charge in [0.1, 0.15) is 5.82 Å². The van der Waals surface area contributed by atoms with E-state index in [4.69, 9.17) is 17.3 Å². The summed E-state index contributed by atoms with van der Waals surface area (Å²) >= 11 is 6.28. The van der Waals surface area contributed by atoms with E-state index in [0.29, 0.717) is 11.6 Å². The normalized spacial score (nSPS) is 10.5. The largest absolute Gasteiger partial charge is 0.351 e. The average molecular weight is 277 g/mol. The molecule has 0 saturated heterocycles. The first-order valence-electron chi connectivity index (χ1n) is 6.23. The van der Waals surface area contributed by atoms with Crippen molar-refractivity contribution in [1.29, 1.82) is 0 Å². The van der Waals surface area contributed by atoms with Crippen molar-refractivity contribution in [3.8, 4) is 0 Å². The molecule has 0 aliphatic carbocycles. The Bertz CT molecular complexity index is 530. The van der Waals surface area contributed by atoms with Gasteiger partial charge in [0.25, 0.3) is 0 Å². The first-order valence-corrected chi connectivity index (χ1v) is 6.60. The van der Waals surface area contributed by atoms with E-state index < -0.39 is 0 Å². The van der Waals surface area contributed by atoms with Gasteiger partial charge in [0, 0.05) is 38.2 Å². The van der Waals surface area contributed by atoms with Crippen molar-refractivity contribution in [2.24, 2.45) is 5.73 Å². The first kappa shape index (κ1) is 13.8. The highest BCUT2D eigenvalue weighted by Crippen LogP contribution is 2.25. The lowest BCUT2D eigenvalue weighted by Crippen LogP contribution is -2.23. The summed E-state index contributed by atoms with van der Waals surface area (Å²) in [6.07, 6.45) is 5.35. The summed E-state index contributed by atoms with van der Waals surface area (Å²) in [4.78, 5) is 10.6. The fraction of sp³-hybridized carbons (Fsp3) is 0.286. The maximum atomic E-state index is 6.28. The molecule has 0 aliphatic heterocycles. The van der Waals surface area contributed by atoms with Crippen molar-refractivity contribution in [2.75, 3.05) is 11.4 Å². The van der Waals surface area contributed by atoms with Crippen LogP contribution in [0.15, 0.2) is 36.8 Å². The lowest BCUT2D eigenvalue weighted by Gasteiger charge is -2.23. The van der Waals surface area contributed by atoms with E-state index in [1.165, 1.54) is 5.56 Å². The summed E-state index contributed by atoms with van der Waals surface area (Å²) in [5, 5.41) is 0.638. The molecule has 2 aromatic heterocycles. The summed E-state index contributed by atoms with van der Waals surface area (Å²) in [5.74, 6) is 0.790. The summed E-state index contributed by atoms with van der Waals surface area (Å²) in [6.45, 7) is 4.12. The second-order valence-corrected chi connectivity index (χ2v) is 4.63. The number of anilines is 1. The Morgan fingerprint density at radius 3 is 2.58 bits per heavy atom. The van der Waals surface area contributed by atoms with Gasteiger partial charge < -0.3 is 10.6 Å². The van der Waals surface area contributed by atoms with Gasteiger partial charge in [0.2, 0.25) is 0 Å². The fourth-order valence-corrected chi connectivity index (χ4v) is 2.17. The lowest BCUT2D eigenvalue weighted by molar-refractivity contribution is 0.810.